The van der Waals surface area contributed by atoms with Gasteiger partial charge < -0.3 is 10.2 Å². The van der Waals surface area contributed by atoms with Crippen molar-refractivity contribution in [3.63, 3.8) is 0 Å². The molecule has 0 saturated carbocycles. The van der Waals surface area contributed by atoms with Crippen LogP contribution in [-0.2, 0) is 23.3 Å². The highest BCUT2D eigenvalue weighted by atomic mass is 16.2. The van der Waals surface area contributed by atoms with E-state index in [1.807, 2.05) is 0 Å². The second kappa shape index (κ2) is 7.45. The van der Waals surface area contributed by atoms with E-state index in [1.165, 1.54) is 16.7 Å². The lowest BCUT2D eigenvalue weighted by Crippen LogP contribution is -2.56. The van der Waals surface area contributed by atoms with Gasteiger partial charge in [-0.25, -0.2) is 0 Å². The Labute approximate surface area is 162 Å². The van der Waals surface area contributed by atoms with Crippen LogP contribution in [0.4, 0.5) is 0 Å². The molecule has 0 radical (unpaired) electrons. The highest BCUT2D eigenvalue weighted by Gasteiger charge is 2.40. The summed E-state index contributed by atoms with van der Waals surface area (Å²) in [4.78, 5) is 17.5. The van der Waals surface area contributed by atoms with Crippen molar-refractivity contribution in [2.75, 3.05) is 27.2 Å². The van der Waals surface area contributed by atoms with Gasteiger partial charge in [0, 0.05) is 25.2 Å². The summed E-state index contributed by atoms with van der Waals surface area (Å²) in [6, 6.07) is 19.1. The van der Waals surface area contributed by atoms with E-state index in [1.54, 1.807) is 0 Å². The standard InChI is InChI=1S/C23H29N3O/c1-25(2)23(20-10-4-3-5-11-20)12-14-26(15-13-23)22(27)21-16-18-8-6-7-9-19(18)17-24-21/h3-11,21,24H,12-17H2,1-2H3/t21-/m0/s1. The van der Waals surface area contributed by atoms with Crippen molar-refractivity contribution in [1.82, 2.24) is 15.1 Å². The fourth-order valence-corrected chi connectivity index (χ4v) is 4.69. The Morgan fingerprint density at radius 2 is 1.63 bits per heavy atom. The number of hydrogen-bond acceptors (Lipinski definition) is 3. The van der Waals surface area contributed by atoms with Crippen LogP contribution in [0.5, 0.6) is 0 Å². The molecule has 4 rings (SSSR count). The zero-order valence-electron chi connectivity index (χ0n) is 16.3. The molecule has 1 amide bonds. The monoisotopic (exact) mass is 363 g/mol. The number of nitrogens with one attached hydrogen (secondary N) is 1. The molecule has 0 bridgehead atoms. The molecule has 0 unspecified atom stereocenters. The molecule has 2 aromatic rings. The SMILES string of the molecule is CN(C)C1(c2ccccc2)CCN(C(=O)[C@@H]2Cc3ccccc3CN2)CC1. The van der Waals surface area contributed by atoms with Crippen molar-refractivity contribution < 1.29 is 4.79 Å². The topological polar surface area (TPSA) is 35.6 Å². The van der Waals surface area contributed by atoms with Crippen molar-refractivity contribution >= 4 is 5.91 Å². The molecule has 1 fully saturated rings. The lowest BCUT2D eigenvalue weighted by molar-refractivity contribution is -0.136. The maximum atomic E-state index is 13.1. The lowest BCUT2D eigenvalue weighted by Gasteiger charge is -2.47. The number of rotatable bonds is 3. The summed E-state index contributed by atoms with van der Waals surface area (Å²) in [5.74, 6) is 0.255. The van der Waals surface area contributed by atoms with Crippen molar-refractivity contribution in [2.45, 2.75) is 37.4 Å². The minimum atomic E-state index is -0.0940. The summed E-state index contributed by atoms with van der Waals surface area (Å²) in [7, 11) is 4.31. The van der Waals surface area contributed by atoms with E-state index in [9.17, 15) is 4.79 Å². The van der Waals surface area contributed by atoms with Crippen LogP contribution in [0.15, 0.2) is 54.6 Å². The van der Waals surface area contributed by atoms with Crippen LogP contribution >= 0.6 is 0 Å². The highest BCUT2D eigenvalue weighted by Crippen LogP contribution is 2.37. The Morgan fingerprint density at radius 1 is 1.00 bits per heavy atom. The van der Waals surface area contributed by atoms with Crippen molar-refractivity contribution in [2.24, 2.45) is 0 Å². The van der Waals surface area contributed by atoms with Gasteiger partial charge in [0.2, 0.25) is 5.91 Å². The molecule has 0 aliphatic carbocycles. The molecule has 1 N–H and O–H groups in total. The van der Waals surface area contributed by atoms with Crippen LogP contribution in [0.25, 0.3) is 0 Å². The number of carbonyl (C=O) groups is 1. The Morgan fingerprint density at radius 3 is 2.30 bits per heavy atom. The number of nitrogens with zero attached hydrogens (tertiary/aromatic N) is 2. The number of likely N-dealkylation sites (tertiary alicyclic amines) is 1. The fourth-order valence-electron chi connectivity index (χ4n) is 4.69. The van der Waals surface area contributed by atoms with Crippen LogP contribution in [0, 0.1) is 0 Å². The first kappa shape index (κ1) is 18.2. The third-order valence-corrected chi connectivity index (χ3v) is 6.45. The van der Waals surface area contributed by atoms with Gasteiger partial charge in [-0.1, -0.05) is 54.6 Å². The predicted molar refractivity (Wildman–Crippen MR) is 108 cm³/mol. The van der Waals surface area contributed by atoms with Gasteiger partial charge in [-0.2, -0.15) is 0 Å². The van der Waals surface area contributed by atoms with Crippen molar-refractivity contribution in [3.8, 4) is 0 Å². The molecule has 0 spiro atoms. The first-order valence-electron chi connectivity index (χ1n) is 9.92. The van der Waals surface area contributed by atoms with Gasteiger partial charge in [0.25, 0.3) is 0 Å². The second-order valence-corrected chi connectivity index (χ2v) is 8.02. The van der Waals surface area contributed by atoms with Crippen LogP contribution in [0.3, 0.4) is 0 Å². The van der Waals surface area contributed by atoms with Crippen molar-refractivity contribution in [3.05, 3.63) is 71.3 Å². The van der Waals surface area contributed by atoms with Gasteiger partial charge in [0.1, 0.15) is 0 Å². The first-order valence-corrected chi connectivity index (χ1v) is 9.92. The Kier molecular flexibility index (Phi) is 5.02. The molecule has 1 atom stereocenters. The maximum absolute atomic E-state index is 13.1. The summed E-state index contributed by atoms with van der Waals surface area (Å²) in [5.41, 5.74) is 3.99. The van der Waals surface area contributed by atoms with E-state index < -0.39 is 0 Å². The molecule has 2 aromatic carbocycles. The van der Waals surface area contributed by atoms with Gasteiger partial charge in [-0.05, 0) is 50.0 Å². The van der Waals surface area contributed by atoms with E-state index >= 15 is 0 Å². The summed E-state index contributed by atoms with van der Waals surface area (Å²) in [6.07, 6.45) is 2.74. The summed E-state index contributed by atoms with van der Waals surface area (Å²) >= 11 is 0. The average Bonchev–Trinajstić information content (AvgIpc) is 2.73. The normalized spacial score (nSPS) is 21.7. The number of fused-ring (bicyclic) bond motifs is 1. The number of amides is 1. The van der Waals surface area contributed by atoms with E-state index in [-0.39, 0.29) is 17.5 Å². The summed E-state index contributed by atoms with van der Waals surface area (Å²) in [5, 5.41) is 3.45. The second-order valence-electron chi connectivity index (χ2n) is 8.02. The molecule has 4 nitrogen and oxygen atoms in total. The molecular weight excluding hydrogens is 334 g/mol. The minimum Gasteiger partial charge on any atom is -0.341 e. The third-order valence-electron chi connectivity index (χ3n) is 6.45. The lowest BCUT2D eigenvalue weighted by atomic mass is 9.79. The Hall–Kier alpha value is -2.17. The van der Waals surface area contributed by atoms with Gasteiger partial charge >= 0.3 is 0 Å². The number of carbonyl (C=O) groups excluding carboxylic acids is 1. The zero-order chi connectivity index (χ0) is 18.9. The quantitative estimate of drug-likeness (QED) is 0.911. The first-order chi connectivity index (χ1) is 13.1. The Bertz CT molecular complexity index is 794. The van der Waals surface area contributed by atoms with Crippen LogP contribution in [0.1, 0.15) is 29.5 Å². The average molecular weight is 364 g/mol. The molecule has 0 aromatic heterocycles. The molecule has 2 aliphatic rings. The van der Waals surface area contributed by atoms with Gasteiger partial charge in [-0.3, -0.25) is 9.69 Å². The number of benzene rings is 2. The van der Waals surface area contributed by atoms with Crippen LogP contribution in [0.2, 0.25) is 0 Å². The molecule has 4 heteroatoms. The van der Waals surface area contributed by atoms with Gasteiger partial charge in [0.05, 0.1) is 6.04 Å². The molecule has 1 saturated heterocycles. The van der Waals surface area contributed by atoms with E-state index in [4.69, 9.17) is 0 Å². The van der Waals surface area contributed by atoms with Crippen LogP contribution < -0.4 is 5.32 Å². The molecular formula is C23H29N3O. The number of piperidine rings is 1. The summed E-state index contributed by atoms with van der Waals surface area (Å²) < 4.78 is 0. The maximum Gasteiger partial charge on any atom is 0.240 e. The van der Waals surface area contributed by atoms with E-state index in [0.29, 0.717) is 0 Å². The third kappa shape index (κ3) is 3.40. The zero-order valence-corrected chi connectivity index (χ0v) is 16.3. The van der Waals surface area contributed by atoms with Crippen LogP contribution in [-0.4, -0.2) is 48.9 Å². The van der Waals surface area contributed by atoms with E-state index in [0.717, 1.165) is 38.9 Å². The minimum absolute atomic E-state index is 0.0185. The fraction of sp³-hybridized carbons (Fsp3) is 0.435. The van der Waals surface area contributed by atoms with Gasteiger partial charge in [0.15, 0.2) is 0 Å². The largest absolute Gasteiger partial charge is 0.341 e. The molecule has 142 valence electrons. The van der Waals surface area contributed by atoms with Gasteiger partial charge in [-0.15, -0.1) is 0 Å². The molecule has 27 heavy (non-hydrogen) atoms. The van der Waals surface area contributed by atoms with Crippen molar-refractivity contribution in [1.29, 1.82) is 0 Å². The Balaban J connectivity index is 1.45. The predicted octanol–water partition coefficient (Wildman–Crippen LogP) is 2.78. The summed E-state index contributed by atoms with van der Waals surface area (Å²) in [6.45, 7) is 2.41. The molecule has 2 aliphatic heterocycles. The molecule has 2 heterocycles. The number of hydrogen-bond donors (Lipinski definition) is 1. The smallest absolute Gasteiger partial charge is 0.240 e. The van der Waals surface area contributed by atoms with E-state index in [2.05, 4.69) is 83.8 Å². The highest BCUT2D eigenvalue weighted by molar-refractivity contribution is 5.82.